The van der Waals surface area contributed by atoms with Gasteiger partial charge in [-0.1, -0.05) is 19.1 Å². The zero-order valence-corrected chi connectivity index (χ0v) is 11.3. The summed E-state index contributed by atoms with van der Waals surface area (Å²) < 4.78 is 7.27. The Balaban J connectivity index is 2.27. The summed E-state index contributed by atoms with van der Waals surface area (Å²) in [6, 6.07) is 7.30. The Labute approximate surface area is 113 Å². The molecule has 0 bridgehead atoms. The fourth-order valence-electron chi connectivity index (χ4n) is 1.92. The number of ether oxygens (including phenoxy) is 1. The molecule has 1 aromatic carbocycles. The maximum atomic E-state index is 12.4. The number of nitrogens with zero attached hydrogens (tertiary/aromatic N) is 2. The van der Waals surface area contributed by atoms with Crippen LogP contribution >= 0.6 is 0 Å². The van der Waals surface area contributed by atoms with Gasteiger partial charge in [0.25, 0.3) is 0 Å². The second-order valence-corrected chi connectivity index (χ2v) is 4.25. The number of para-hydroxylation sites is 1. The molecule has 1 heterocycles. The highest BCUT2D eigenvalue weighted by molar-refractivity contribution is 6.10. The van der Waals surface area contributed by atoms with Gasteiger partial charge in [-0.05, 0) is 25.5 Å². The van der Waals surface area contributed by atoms with Gasteiger partial charge in [0, 0.05) is 12.7 Å². The normalized spacial score (nSPS) is 10.4. The third-order valence-corrected chi connectivity index (χ3v) is 2.78. The lowest BCUT2D eigenvalue weighted by Crippen LogP contribution is -2.04. The van der Waals surface area contributed by atoms with Gasteiger partial charge in [-0.25, -0.2) is 0 Å². The van der Waals surface area contributed by atoms with Crippen LogP contribution in [0.1, 0.15) is 36.2 Å². The van der Waals surface area contributed by atoms with E-state index in [0.29, 0.717) is 23.5 Å². The van der Waals surface area contributed by atoms with Gasteiger partial charge >= 0.3 is 0 Å². The molecule has 19 heavy (non-hydrogen) atoms. The molecule has 0 fully saturated rings. The predicted octanol–water partition coefficient (Wildman–Crippen LogP) is 2.92. The summed E-state index contributed by atoms with van der Waals surface area (Å²) in [6.07, 6.45) is 4.39. The SMILES string of the molecule is CCCn1cc(C(=O)c2ccccc2OCC)cn1. The number of ketones is 1. The number of hydrogen-bond acceptors (Lipinski definition) is 3. The molecular weight excluding hydrogens is 240 g/mol. The molecule has 0 aliphatic carbocycles. The Bertz CT molecular complexity index is 561. The highest BCUT2D eigenvalue weighted by Gasteiger charge is 2.15. The van der Waals surface area contributed by atoms with Crippen molar-refractivity contribution in [3.05, 3.63) is 47.8 Å². The van der Waals surface area contributed by atoms with Crippen molar-refractivity contribution < 1.29 is 9.53 Å². The first-order valence-electron chi connectivity index (χ1n) is 6.55. The van der Waals surface area contributed by atoms with Gasteiger partial charge in [0.1, 0.15) is 5.75 Å². The summed E-state index contributed by atoms with van der Waals surface area (Å²) in [6.45, 7) is 5.34. The number of aromatic nitrogens is 2. The Morgan fingerprint density at radius 3 is 2.84 bits per heavy atom. The second kappa shape index (κ2) is 6.18. The van der Waals surface area contributed by atoms with Crippen LogP contribution in [0.4, 0.5) is 0 Å². The molecule has 0 spiro atoms. The van der Waals surface area contributed by atoms with Crippen LogP contribution in [0.2, 0.25) is 0 Å². The summed E-state index contributed by atoms with van der Waals surface area (Å²) in [5, 5.41) is 4.18. The number of carbonyl (C=O) groups excluding carboxylic acids is 1. The first kappa shape index (κ1) is 13.3. The molecule has 0 amide bonds. The highest BCUT2D eigenvalue weighted by Crippen LogP contribution is 2.21. The Hall–Kier alpha value is -2.10. The van der Waals surface area contributed by atoms with Crippen molar-refractivity contribution in [3.8, 4) is 5.75 Å². The van der Waals surface area contributed by atoms with Gasteiger partial charge in [-0.15, -0.1) is 0 Å². The van der Waals surface area contributed by atoms with Crippen molar-refractivity contribution in [2.24, 2.45) is 0 Å². The minimum atomic E-state index is -0.0496. The van der Waals surface area contributed by atoms with Crippen molar-refractivity contribution in [2.75, 3.05) is 6.61 Å². The van der Waals surface area contributed by atoms with Crippen LogP contribution < -0.4 is 4.74 Å². The van der Waals surface area contributed by atoms with E-state index in [1.165, 1.54) is 0 Å². The molecule has 100 valence electrons. The third-order valence-electron chi connectivity index (χ3n) is 2.78. The molecule has 0 unspecified atom stereocenters. The monoisotopic (exact) mass is 258 g/mol. The first-order chi connectivity index (χ1) is 9.26. The molecule has 4 nitrogen and oxygen atoms in total. The third kappa shape index (κ3) is 3.02. The molecule has 0 radical (unpaired) electrons. The van der Waals surface area contributed by atoms with E-state index in [-0.39, 0.29) is 5.78 Å². The minimum Gasteiger partial charge on any atom is -0.493 e. The molecule has 0 saturated heterocycles. The van der Waals surface area contributed by atoms with Crippen LogP contribution in [0.3, 0.4) is 0 Å². The molecule has 4 heteroatoms. The van der Waals surface area contributed by atoms with E-state index in [0.717, 1.165) is 13.0 Å². The number of aryl methyl sites for hydroxylation is 1. The van der Waals surface area contributed by atoms with Gasteiger partial charge in [0.15, 0.2) is 5.78 Å². The molecule has 0 atom stereocenters. The van der Waals surface area contributed by atoms with Gasteiger partial charge in [0.2, 0.25) is 0 Å². The fourth-order valence-corrected chi connectivity index (χ4v) is 1.92. The van der Waals surface area contributed by atoms with E-state index in [1.807, 2.05) is 25.1 Å². The molecule has 2 rings (SSSR count). The summed E-state index contributed by atoms with van der Waals surface area (Å²) in [7, 11) is 0. The molecular formula is C15H18N2O2. The topological polar surface area (TPSA) is 44.1 Å². The molecule has 0 aliphatic heterocycles. The zero-order valence-electron chi connectivity index (χ0n) is 11.3. The van der Waals surface area contributed by atoms with Gasteiger partial charge in [0.05, 0.1) is 23.9 Å². The zero-order chi connectivity index (χ0) is 13.7. The number of carbonyl (C=O) groups is 1. The van der Waals surface area contributed by atoms with Crippen molar-refractivity contribution >= 4 is 5.78 Å². The lowest BCUT2D eigenvalue weighted by molar-refractivity contribution is 0.103. The lowest BCUT2D eigenvalue weighted by Gasteiger charge is -2.07. The number of benzene rings is 1. The molecule has 1 aromatic heterocycles. The Morgan fingerprint density at radius 2 is 2.11 bits per heavy atom. The number of hydrogen-bond donors (Lipinski definition) is 0. The molecule has 0 aliphatic rings. The Morgan fingerprint density at radius 1 is 1.32 bits per heavy atom. The van der Waals surface area contributed by atoms with E-state index in [4.69, 9.17) is 4.74 Å². The lowest BCUT2D eigenvalue weighted by atomic mass is 10.1. The van der Waals surface area contributed by atoms with Crippen LogP contribution in [0, 0.1) is 0 Å². The van der Waals surface area contributed by atoms with Crippen molar-refractivity contribution in [1.29, 1.82) is 0 Å². The maximum Gasteiger partial charge on any atom is 0.199 e. The van der Waals surface area contributed by atoms with Crippen LogP contribution in [-0.4, -0.2) is 22.2 Å². The van der Waals surface area contributed by atoms with E-state index in [1.54, 1.807) is 23.1 Å². The molecule has 0 saturated carbocycles. The van der Waals surface area contributed by atoms with E-state index in [2.05, 4.69) is 12.0 Å². The van der Waals surface area contributed by atoms with E-state index in [9.17, 15) is 4.79 Å². The largest absolute Gasteiger partial charge is 0.493 e. The van der Waals surface area contributed by atoms with Crippen molar-refractivity contribution in [1.82, 2.24) is 9.78 Å². The van der Waals surface area contributed by atoms with Crippen LogP contribution in [0.15, 0.2) is 36.7 Å². The van der Waals surface area contributed by atoms with Gasteiger partial charge < -0.3 is 4.74 Å². The van der Waals surface area contributed by atoms with Crippen LogP contribution in [0.25, 0.3) is 0 Å². The maximum absolute atomic E-state index is 12.4. The summed E-state index contributed by atoms with van der Waals surface area (Å²) in [4.78, 5) is 12.4. The smallest absolute Gasteiger partial charge is 0.199 e. The summed E-state index contributed by atoms with van der Waals surface area (Å²) >= 11 is 0. The quantitative estimate of drug-likeness (QED) is 0.748. The van der Waals surface area contributed by atoms with Crippen LogP contribution in [-0.2, 0) is 6.54 Å². The van der Waals surface area contributed by atoms with Crippen LogP contribution in [0.5, 0.6) is 5.75 Å². The van der Waals surface area contributed by atoms with Crippen molar-refractivity contribution in [2.45, 2.75) is 26.8 Å². The van der Waals surface area contributed by atoms with Gasteiger partial charge in [-0.2, -0.15) is 5.10 Å². The van der Waals surface area contributed by atoms with E-state index < -0.39 is 0 Å². The van der Waals surface area contributed by atoms with Gasteiger partial charge in [-0.3, -0.25) is 9.48 Å². The van der Waals surface area contributed by atoms with E-state index >= 15 is 0 Å². The molecule has 0 N–H and O–H groups in total. The first-order valence-corrected chi connectivity index (χ1v) is 6.55. The average Bonchev–Trinajstić information content (AvgIpc) is 2.88. The summed E-state index contributed by atoms with van der Waals surface area (Å²) in [5.74, 6) is 0.574. The highest BCUT2D eigenvalue weighted by atomic mass is 16.5. The fraction of sp³-hybridized carbons (Fsp3) is 0.333. The Kier molecular flexibility index (Phi) is 4.34. The minimum absolute atomic E-state index is 0.0496. The number of rotatable bonds is 6. The van der Waals surface area contributed by atoms with Crippen molar-refractivity contribution in [3.63, 3.8) is 0 Å². The average molecular weight is 258 g/mol. The second-order valence-electron chi connectivity index (χ2n) is 4.25. The standard InChI is InChI=1S/C15H18N2O2/c1-3-9-17-11-12(10-16-17)15(18)13-7-5-6-8-14(13)19-4-2/h5-8,10-11H,3-4,9H2,1-2H3. The summed E-state index contributed by atoms with van der Waals surface area (Å²) in [5.41, 5.74) is 1.18. The molecule has 2 aromatic rings. The predicted molar refractivity (Wildman–Crippen MR) is 73.6 cm³/mol.